The van der Waals surface area contributed by atoms with Crippen LogP contribution in [0, 0.1) is 10.1 Å². The lowest BCUT2D eigenvalue weighted by atomic mass is 10.2. The zero-order chi connectivity index (χ0) is 17.1. The van der Waals surface area contributed by atoms with E-state index in [1.165, 1.54) is 10.6 Å². The molecule has 0 bridgehead atoms. The van der Waals surface area contributed by atoms with Crippen molar-refractivity contribution in [3.63, 3.8) is 0 Å². The Labute approximate surface area is 141 Å². The molecule has 0 aliphatic carbocycles. The van der Waals surface area contributed by atoms with Gasteiger partial charge in [0.1, 0.15) is 11.4 Å². The number of aromatic nitrogens is 2. The molecule has 0 N–H and O–H groups in total. The largest absolute Gasteiger partial charge is 0.496 e. The van der Waals surface area contributed by atoms with Crippen molar-refractivity contribution in [3.05, 3.63) is 74.7 Å². The van der Waals surface area contributed by atoms with E-state index in [2.05, 4.69) is 4.98 Å². The quantitative estimate of drug-likeness (QED) is 0.306. The number of nitrogens with zero attached hydrogens (tertiary/aromatic N) is 3. The van der Waals surface area contributed by atoms with Crippen molar-refractivity contribution in [2.24, 2.45) is 0 Å². The van der Waals surface area contributed by atoms with Crippen LogP contribution in [-0.2, 0) is 5.75 Å². The summed E-state index contributed by atoms with van der Waals surface area (Å²) in [4.78, 5) is 27.3. The number of hydrogen-bond donors (Lipinski definition) is 0. The van der Waals surface area contributed by atoms with Crippen LogP contribution in [0.2, 0.25) is 0 Å². The van der Waals surface area contributed by atoms with E-state index in [4.69, 9.17) is 4.74 Å². The molecule has 0 fully saturated rings. The van der Waals surface area contributed by atoms with E-state index in [9.17, 15) is 14.9 Å². The van der Waals surface area contributed by atoms with Gasteiger partial charge in [0.25, 0.3) is 0 Å². The van der Waals surface area contributed by atoms with Crippen molar-refractivity contribution in [1.82, 2.24) is 9.38 Å². The first-order chi connectivity index (χ1) is 11.6. The third-order valence-electron chi connectivity index (χ3n) is 3.42. The molecule has 0 aliphatic heterocycles. The SMILES string of the molecule is COc1ccccc1CSc1nc2ccccn2c(=O)c1[N+](=O)[O-]. The van der Waals surface area contributed by atoms with Crippen molar-refractivity contribution < 1.29 is 9.66 Å². The minimum atomic E-state index is -0.687. The second kappa shape index (κ2) is 6.71. The Morgan fingerprint density at radius 3 is 2.75 bits per heavy atom. The highest BCUT2D eigenvalue weighted by Crippen LogP contribution is 2.30. The van der Waals surface area contributed by atoms with E-state index in [1.807, 2.05) is 24.3 Å². The summed E-state index contributed by atoms with van der Waals surface area (Å²) in [5, 5.41) is 11.4. The van der Waals surface area contributed by atoms with Gasteiger partial charge in [-0.05, 0) is 18.2 Å². The Morgan fingerprint density at radius 2 is 2.00 bits per heavy atom. The lowest BCUT2D eigenvalue weighted by molar-refractivity contribution is -0.389. The van der Waals surface area contributed by atoms with Crippen LogP contribution in [0.4, 0.5) is 5.69 Å². The van der Waals surface area contributed by atoms with Crippen LogP contribution < -0.4 is 10.3 Å². The number of hydrogen-bond acceptors (Lipinski definition) is 6. The zero-order valence-electron chi connectivity index (χ0n) is 12.7. The molecular formula is C16H13N3O4S. The molecule has 0 spiro atoms. The van der Waals surface area contributed by atoms with Gasteiger partial charge in [-0.2, -0.15) is 0 Å². The minimum absolute atomic E-state index is 0.0992. The Kier molecular flexibility index (Phi) is 4.48. The summed E-state index contributed by atoms with van der Waals surface area (Å²) in [6, 6.07) is 12.4. The third kappa shape index (κ3) is 2.95. The predicted molar refractivity (Wildman–Crippen MR) is 90.7 cm³/mol. The summed E-state index contributed by atoms with van der Waals surface area (Å²) < 4.78 is 6.44. The second-order valence-electron chi connectivity index (χ2n) is 4.86. The van der Waals surface area contributed by atoms with E-state index in [1.54, 1.807) is 25.3 Å². The molecule has 2 heterocycles. The van der Waals surface area contributed by atoms with E-state index in [-0.39, 0.29) is 5.03 Å². The van der Waals surface area contributed by atoms with Crippen LogP contribution in [0.3, 0.4) is 0 Å². The summed E-state index contributed by atoms with van der Waals surface area (Å²) in [5.74, 6) is 1.09. The monoisotopic (exact) mass is 343 g/mol. The van der Waals surface area contributed by atoms with E-state index in [0.717, 1.165) is 17.3 Å². The van der Waals surface area contributed by atoms with Crippen molar-refractivity contribution in [2.75, 3.05) is 7.11 Å². The normalized spacial score (nSPS) is 10.7. The Hall–Kier alpha value is -2.87. The molecule has 0 atom stereocenters. The predicted octanol–water partition coefficient (Wildman–Crippen LogP) is 2.90. The Morgan fingerprint density at radius 1 is 1.25 bits per heavy atom. The van der Waals surface area contributed by atoms with Crippen molar-refractivity contribution in [2.45, 2.75) is 10.8 Å². The average Bonchev–Trinajstić information content (AvgIpc) is 2.60. The van der Waals surface area contributed by atoms with Crippen molar-refractivity contribution in [3.8, 4) is 5.75 Å². The average molecular weight is 343 g/mol. The molecule has 3 rings (SSSR count). The lowest BCUT2D eigenvalue weighted by Gasteiger charge is -2.08. The number of nitro groups is 1. The fourth-order valence-electron chi connectivity index (χ4n) is 2.28. The van der Waals surface area contributed by atoms with Gasteiger partial charge in [0, 0.05) is 17.5 Å². The number of fused-ring (bicyclic) bond motifs is 1. The number of benzene rings is 1. The number of methoxy groups -OCH3 is 1. The highest BCUT2D eigenvalue weighted by Gasteiger charge is 2.24. The molecule has 0 radical (unpaired) electrons. The van der Waals surface area contributed by atoms with Gasteiger partial charge in [-0.15, -0.1) is 0 Å². The molecule has 1 aromatic carbocycles. The zero-order valence-corrected chi connectivity index (χ0v) is 13.5. The van der Waals surface area contributed by atoms with Gasteiger partial charge in [0.15, 0.2) is 5.03 Å². The summed E-state index contributed by atoms with van der Waals surface area (Å²) in [7, 11) is 1.56. The highest BCUT2D eigenvalue weighted by molar-refractivity contribution is 7.98. The fourth-order valence-corrected chi connectivity index (χ4v) is 3.27. The lowest BCUT2D eigenvalue weighted by Crippen LogP contribution is -2.19. The molecule has 24 heavy (non-hydrogen) atoms. The molecule has 3 aromatic rings. The number of pyridine rings is 1. The van der Waals surface area contributed by atoms with Gasteiger partial charge in [-0.1, -0.05) is 36.0 Å². The van der Waals surface area contributed by atoms with Gasteiger partial charge >= 0.3 is 11.2 Å². The highest BCUT2D eigenvalue weighted by atomic mass is 32.2. The van der Waals surface area contributed by atoms with Crippen LogP contribution in [0.15, 0.2) is 58.5 Å². The van der Waals surface area contributed by atoms with Crippen molar-refractivity contribution in [1.29, 1.82) is 0 Å². The van der Waals surface area contributed by atoms with Gasteiger partial charge < -0.3 is 4.74 Å². The van der Waals surface area contributed by atoms with E-state index >= 15 is 0 Å². The standard InChI is InChI=1S/C16H13N3O4S/c1-23-12-7-3-2-6-11(12)10-24-15-14(19(21)22)16(20)18-9-5-4-8-13(18)17-15/h2-9H,10H2,1H3. The van der Waals surface area contributed by atoms with Gasteiger partial charge in [-0.3, -0.25) is 19.3 Å². The first-order valence-electron chi connectivity index (χ1n) is 7.02. The first-order valence-corrected chi connectivity index (χ1v) is 8.01. The van der Waals surface area contributed by atoms with Crippen LogP contribution >= 0.6 is 11.8 Å². The maximum Gasteiger partial charge on any atom is 0.366 e. The van der Waals surface area contributed by atoms with E-state index < -0.39 is 16.2 Å². The molecule has 122 valence electrons. The summed E-state index contributed by atoms with van der Waals surface area (Å²) in [5.41, 5.74) is 0.0386. The molecule has 0 saturated carbocycles. The van der Waals surface area contributed by atoms with Crippen LogP contribution in [0.25, 0.3) is 5.65 Å². The number of para-hydroxylation sites is 1. The van der Waals surface area contributed by atoms with Crippen LogP contribution in [0.1, 0.15) is 5.56 Å². The Balaban J connectivity index is 2.04. The summed E-state index contributed by atoms with van der Waals surface area (Å²) >= 11 is 1.14. The smallest absolute Gasteiger partial charge is 0.366 e. The molecule has 0 amide bonds. The van der Waals surface area contributed by atoms with Gasteiger partial charge in [0.05, 0.1) is 12.0 Å². The molecule has 0 unspecified atom stereocenters. The molecule has 7 nitrogen and oxygen atoms in total. The van der Waals surface area contributed by atoms with Gasteiger partial charge in [0.2, 0.25) is 0 Å². The molecule has 8 heteroatoms. The fraction of sp³-hybridized carbons (Fsp3) is 0.125. The molecular weight excluding hydrogens is 330 g/mol. The van der Waals surface area contributed by atoms with Crippen LogP contribution in [0.5, 0.6) is 5.75 Å². The van der Waals surface area contributed by atoms with Crippen molar-refractivity contribution >= 4 is 23.1 Å². The number of thioether (sulfide) groups is 1. The first kappa shape index (κ1) is 16.0. The maximum absolute atomic E-state index is 12.4. The Bertz CT molecular complexity index is 971. The topological polar surface area (TPSA) is 86.7 Å². The summed E-state index contributed by atoms with van der Waals surface area (Å²) in [6.07, 6.45) is 1.46. The van der Waals surface area contributed by atoms with E-state index in [0.29, 0.717) is 17.1 Å². The van der Waals surface area contributed by atoms with Gasteiger partial charge in [-0.25, -0.2) is 4.98 Å². The molecule has 0 aliphatic rings. The molecule has 2 aromatic heterocycles. The number of rotatable bonds is 5. The van der Waals surface area contributed by atoms with Crippen LogP contribution in [-0.4, -0.2) is 21.4 Å². The summed E-state index contributed by atoms with van der Waals surface area (Å²) in [6.45, 7) is 0. The third-order valence-corrected chi connectivity index (χ3v) is 4.43. The minimum Gasteiger partial charge on any atom is -0.496 e. The molecule has 0 saturated heterocycles. The second-order valence-corrected chi connectivity index (χ2v) is 5.82. The number of ether oxygens (including phenoxy) is 1. The maximum atomic E-state index is 12.4.